The van der Waals surface area contributed by atoms with Crippen molar-refractivity contribution in [2.45, 2.75) is 18.9 Å². The zero-order valence-corrected chi connectivity index (χ0v) is 18.4. The van der Waals surface area contributed by atoms with Gasteiger partial charge in [-0.3, -0.25) is 4.79 Å². The van der Waals surface area contributed by atoms with Gasteiger partial charge >= 0.3 is 6.03 Å². The van der Waals surface area contributed by atoms with Crippen LogP contribution in [0.5, 0.6) is 5.75 Å². The van der Waals surface area contributed by atoms with Crippen molar-refractivity contribution >= 4 is 34.6 Å². The van der Waals surface area contributed by atoms with E-state index in [1.54, 1.807) is 36.8 Å². The predicted molar refractivity (Wildman–Crippen MR) is 124 cm³/mol. The number of aromatic nitrogens is 1. The molecule has 9 heteroatoms. The fourth-order valence-electron chi connectivity index (χ4n) is 3.26. The summed E-state index contributed by atoms with van der Waals surface area (Å²) >= 11 is 1.40. The maximum Gasteiger partial charge on any atom is 0.319 e. The monoisotopic (exact) mass is 452 g/mol. The number of thiazole rings is 1. The maximum absolute atomic E-state index is 12.6. The number of methoxy groups -OCH3 is 1. The van der Waals surface area contributed by atoms with Gasteiger partial charge in [-0.15, -0.1) is 11.3 Å². The third-order valence-electron chi connectivity index (χ3n) is 4.99. The lowest BCUT2D eigenvalue weighted by atomic mass is 10.2. The van der Waals surface area contributed by atoms with Gasteiger partial charge in [-0.25, -0.2) is 9.78 Å². The van der Waals surface area contributed by atoms with Crippen LogP contribution in [-0.4, -0.2) is 43.3 Å². The first-order valence-corrected chi connectivity index (χ1v) is 11.2. The number of carbonyl (C=O) groups is 2. The Hall–Kier alpha value is -3.43. The lowest BCUT2D eigenvalue weighted by Crippen LogP contribution is -2.35. The number of urea groups is 1. The van der Waals surface area contributed by atoms with Crippen LogP contribution < -0.4 is 20.7 Å². The van der Waals surface area contributed by atoms with Crippen LogP contribution in [-0.2, 0) is 4.74 Å². The van der Waals surface area contributed by atoms with Gasteiger partial charge in [0, 0.05) is 35.5 Å². The molecule has 1 aliphatic heterocycles. The molecule has 0 bridgehead atoms. The first-order chi connectivity index (χ1) is 15.6. The number of rotatable bonds is 7. The van der Waals surface area contributed by atoms with Crippen molar-refractivity contribution in [1.29, 1.82) is 0 Å². The number of carbonyl (C=O) groups excluding carboxylic acids is 2. The summed E-state index contributed by atoms with van der Waals surface area (Å²) in [5, 5.41) is 10.9. The minimum absolute atomic E-state index is 0.0919. The minimum Gasteiger partial charge on any atom is -0.497 e. The molecule has 1 aliphatic rings. The molecule has 32 heavy (non-hydrogen) atoms. The van der Waals surface area contributed by atoms with Crippen LogP contribution in [0.4, 0.5) is 16.2 Å². The first-order valence-electron chi connectivity index (χ1n) is 10.3. The van der Waals surface area contributed by atoms with Crippen LogP contribution in [0.3, 0.4) is 0 Å². The van der Waals surface area contributed by atoms with Crippen molar-refractivity contribution in [3.63, 3.8) is 0 Å². The van der Waals surface area contributed by atoms with E-state index in [2.05, 4.69) is 20.9 Å². The largest absolute Gasteiger partial charge is 0.497 e. The predicted octanol–water partition coefficient (Wildman–Crippen LogP) is 4.37. The molecule has 1 fully saturated rings. The highest BCUT2D eigenvalue weighted by Gasteiger charge is 2.16. The zero-order valence-electron chi connectivity index (χ0n) is 17.6. The molecule has 166 valence electrons. The highest BCUT2D eigenvalue weighted by molar-refractivity contribution is 7.13. The fraction of sp³-hybridized carbons (Fsp3) is 0.261. The molecule has 3 aromatic rings. The third kappa shape index (κ3) is 5.63. The molecule has 1 unspecified atom stereocenters. The van der Waals surface area contributed by atoms with Gasteiger partial charge in [0.1, 0.15) is 16.5 Å². The van der Waals surface area contributed by atoms with Crippen molar-refractivity contribution in [3.05, 3.63) is 59.6 Å². The molecule has 1 aromatic heterocycles. The Morgan fingerprint density at radius 2 is 1.81 bits per heavy atom. The molecular weight excluding hydrogens is 428 g/mol. The van der Waals surface area contributed by atoms with E-state index >= 15 is 0 Å². The summed E-state index contributed by atoms with van der Waals surface area (Å²) in [7, 11) is 1.62. The van der Waals surface area contributed by atoms with Crippen LogP contribution in [0.1, 0.15) is 23.3 Å². The second kappa shape index (κ2) is 10.3. The lowest BCUT2D eigenvalue weighted by Gasteiger charge is -2.12. The highest BCUT2D eigenvalue weighted by atomic mass is 32.1. The summed E-state index contributed by atoms with van der Waals surface area (Å²) in [6, 6.07) is 14.1. The van der Waals surface area contributed by atoms with Gasteiger partial charge in [0.15, 0.2) is 0 Å². The zero-order chi connectivity index (χ0) is 22.3. The Morgan fingerprint density at radius 1 is 1.09 bits per heavy atom. The number of nitrogens with one attached hydrogen (secondary N) is 3. The van der Waals surface area contributed by atoms with E-state index in [0.29, 0.717) is 23.6 Å². The number of hydrogen-bond donors (Lipinski definition) is 3. The highest BCUT2D eigenvalue weighted by Crippen LogP contribution is 2.26. The summed E-state index contributed by atoms with van der Waals surface area (Å²) < 4.78 is 10.7. The fourth-order valence-corrected chi connectivity index (χ4v) is 4.07. The van der Waals surface area contributed by atoms with Gasteiger partial charge in [0.2, 0.25) is 0 Å². The summed E-state index contributed by atoms with van der Waals surface area (Å²) in [6.45, 7) is 1.25. The molecule has 1 saturated heterocycles. The van der Waals surface area contributed by atoms with Crippen molar-refractivity contribution in [2.24, 2.45) is 0 Å². The van der Waals surface area contributed by atoms with Gasteiger partial charge < -0.3 is 25.4 Å². The van der Waals surface area contributed by atoms with Gasteiger partial charge in [0.05, 0.1) is 13.2 Å². The molecule has 3 amide bonds. The molecule has 3 N–H and O–H groups in total. The molecule has 1 atom stereocenters. The molecule has 8 nitrogen and oxygen atoms in total. The quantitative estimate of drug-likeness (QED) is 0.494. The van der Waals surface area contributed by atoms with E-state index < -0.39 is 0 Å². The Labute approximate surface area is 190 Å². The molecule has 0 aliphatic carbocycles. The van der Waals surface area contributed by atoms with Gasteiger partial charge in [-0.2, -0.15) is 0 Å². The third-order valence-corrected chi connectivity index (χ3v) is 5.88. The van der Waals surface area contributed by atoms with Crippen LogP contribution in [0, 0.1) is 0 Å². The van der Waals surface area contributed by atoms with Gasteiger partial charge in [-0.1, -0.05) is 0 Å². The van der Waals surface area contributed by atoms with Crippen LogP contribution in [0.15, 0.2) is 53.9 Å². The normalized spacial score (nSPS) is 15.2. The van der Waals surface area contributed by atoms with E-state index in [-0.39, 0.29) is 18.0 Å². The average Bonchev–Trinajstić information content (AvgIpc) is 3.52. The van der Waals surface area contributed by atoms with Crippen molar-refractivity contribution in [3.8, 4) is 16.3 Å². The van der Waals surface area contributed by atoms with Gasteiger partial charge in [-0.05, 0) is 61.4 Å². The van der Waals surface area contributed by atoms with Crippen LogP contribution in [0.25, 0.3) is 10.6 Å². The molecule has 0 saturated carbocycles. The number of anilines is 2. The number of hydrogen-bond acceptors (Lipinski definition) is 6. The number of benzene rings is 2. The Bertz CT molecular complexity index is 1060. The Morgan fingerprint density at radius 3 is 2.47 bits per heavy atom. The molecule has 4 rings (SSSR count). The summed E-state index contributed by atoms with van der Waals surface area (Å²) in [6.07, 6.45) is 2.09. The van der Waals surface area contributed by atoms with Crippen molar-refractivity contribution < 1.29 is 19.1 Å². The Balaban J connectivity index is 1.29. The van der Waals surface area contributed by atoms with E-state index in [4.69, 9.17) is 9.47 Å². The van der Waals surface area contributed by atoms with Crippen LogP contribution >= 0.6 is 11.3 Å². The van der Waals surface area contributed by atoms with E-state index in [9.17, 15) is 9.59 Å². The van der Waals surface area contributed by atoms with Gasteiger partial charge in [0.25, 0.3) is 5.91 Å². The molecule has 0 radical (unpaired) electrons. The van der Waals surface area contributed by atoms with Crippen molar-refractivity contribution in [2.75, 3.05) is 30.9 Å². The molecule has 2 heterocycles. The summed E-state index contributed by atoms with van der Waals surface area (Å²) in [5.74, 6) is 0.470. The molecule has 2 aromatic carbocycles. The van der Waals surface area contributed by atoms with E-state index in [1.807, 2.05) is 24.3 Å². The van der Waals surface area contributed by atoms with Crippen LogP contribution in [0.2, 0.25) is 0 Å². The van der Waals surface area contributed by atoms with Crippen molar-refractivity contribution in [1.82, 2.24) is 10.3 Å². The standard InChI is InChI=1S/C23H24N4O4S/c1-30-18-10-4-15(5-11-18)22-27-20(14-32-22)21(28)25-16-6-8-17(9-7-16)26-23(29)24-13-19-3-2-12-31-19/h4-11,14,19H,2-3,12-13H2,1H3,(H,25,28)(H2,24,26,29). The summed E-state index contributed by atoms with van der Waals surface area (Å²) in [5.41, 5.74) is 2.50. The number of amides is 3. The topological polar surface area (TPSA) is 102 Å². The lowest BCUT2D eigenvalue weighted by molar-refractivity contribution is 0.102. The average molecular weight is 453 g/mol. The minimum atomic E-state index is -0.295. The summed E-state index contributed by atoms with van der Waals surface area (Å²) in [4.78, 5) is 29.0. The van der Waals surface area contributed by atoms with E-state index in [1.165, 1.54) is 11.3 Å². The molecular formula is C23H24N4O4S. The SMILES string of the molecule is COc1ccc(-c2nc(C(=O)Nc3ccc(NC(=O)NCC4CCCO4)cc3)cs2)cc1. The number of nitrogens with zero attached hydrogens (tertiary/aromatic N) is 1. The number of ether oxygens (including phenoxy) is 2. The Kier molecular flexibility index (Phi) is 6.98. The second-order valence-corrected chi connectivity index (χ2v) is 8.13. The smallest absolute Gasteiger partial charge is 0.319 e. The first kappa shape index (κ1) is 21.8. The second-order valence-electron chi connectivity index (χ2n) is 7.27. The molecule has 0 spiro atoms. The maximum atomic E-state index is 12.6. The van der Waals surface area contributed by atoms with E-state index in [0.717, 1.165) is 35.8 Å².